The first-order valence-electron chi connectivity index (χ1n) is 6.35. The average molecular weight is 302 g/mol. The molecule has 3 rings (SSSR count). The van der Waals surface area contributed by atoms with E-state index in [4.69, 9.17) is 4.74 Å². The molecule has 0 aliphatic carbocycles. The van der Waals surface area contributed by atoms with Gasteiger partial charge < -0.3 is 9.30 Å². The number of ether oxygens (including phenoxy) is 1. The van der Waals surface area contributed by atoms with Crippen LogP contribution in [0.25, 0.3) is 11.2 Å². The predicted octanol–water partition coefficient (Wildman–Crippen LogP) is 3.12. The second-order valence-electron chi connectivity index (χ2n) is 4.80. The Morgan fingerprint density at radius 1 is 1.32 bits per heavy atom. The van der Waals surface area contributed by atoms with Gasteiger partial charge >= 0.3 is 5.69 Å². The molecule has 0 aliphatic rings. The maximum absolute atomic E-state index is 13.7. The molecule has 2 aromatic heterocycles. The van der Waals surface area contributed by atoms with E-state index in [1.165, 1.54) is 6.20 Å². The first-order valence-corrected chi connectivity index (χ1v) is 6.35. The van der Waals surface area contributed by atoms with Crippen molar-refractivity contribution in [1.29, 1.82) is 0 Å². The van der Waals surface area contributed by atoms with Crippen molar-refractivity contribution in [3.8, 4) is 11.5 Å². The molecule has 0 unspecified atom stereocenters. The van der Waals surface area contributed by atoms with Crippen LogP contribution in [0.5, 0.6) is 11.5 Å². The summed E-state index contributed by atoms with van der Waals surface area (Å²) in [5.41, 5.74) is 1.20. The van der Waals surface area contributed by atoms with Gasteiger partial charge in [-0.1, -0.05) is 0 Å². The maximum Gasteiger partial charge on any atom is 0.305 e. The number of fused-ring (bicyclic) bond motifs is 1. The quantitative estimate of drug-likeness (QED) is 0.548. The van der Waals surface area contributed by atoms with Crippen molar-refractivity contribution in [2.24, 2.45) is 7.05 Å². The topological polar surface area (TPSA) is 83.1 Å². The lowest BCUT2D eigenvalue weighted by atomic mass is 10.2. The van der Waals surface area contributed by atoms with Gasteiger partial charge in [-0.2, -0.15) is 4.39 Å². The van der Waals surface area contributed by atoms with Gasteiger partial charge in [0.25, 0.3) is 0 Å². The molecule has 0 radical (unpaired) electrons. The number of aromatic nitrogens is 3. The lowest BCUT2D eigenvalue weighted by Gasteiger charge is -2.08. The Labute approximate surface area is 124 Å². The largest absolute Gasteiger partial charge is 0.455 e. The lowest BCUT2D eigenvalue weighted by molar-refractivity contribution is -0.387. The SMILES string of the molecule is Cc1cc([N+](=O)[O-])c(F)cc1Oc1cnc2c(c1)ncn2C. The van der Waals surface area contributed by atoms with Gasteiger partial charge in [0.1, 0.15) is 17.0 Å². The number of nitro groups is 1. The van der Waals surface area contributed by atoms with Crippen molar-refractivity contribution >= 4 is 16.9 Å². The van der Waals surface area contributed by atoms with Crippen LogP contribution in [-0.2, 0) is 7.05 Å². The highest BCUT2D eigenvalue weighted by atomic mass is 19.1. The molecule has 0 atom stereocenters. The van der Waals surface area contributed by atoms with Crippen LogP contribution in [0, 0.1) is 22.9 Å². The number of hydrogen-bond donors (Lipinski definition) is 0. The molecule has 22 heavy (non-hydrogen) atoms. The van der Waals surface area contributed by atoms with Crippen molar-refractivity contribution in [2.75, 3.05) is 0 Å². The van der Waals surface area contributed by atoms with Gasteiger partial charge in [-0.05, 0) is 12.5 Å². The van der Waals surface area contributed by atoms with E-state index in [0.717, 1.165) is 12.1 Å². The van der Waals surface area contributed by atoms with Crippen molar-refractivity contribution < 1.29 is 14.1 Å². The zero-order valence-electron chi connectivity index (χ0n) is 11.8. The third-order valence-electron chi connectivity index (χ3n) is 3.20. The molecule has 1 aromatic carbocycles. The van der Waals surface area contributed by atoms with Crippen molar-refractivity contribution in [3.05, 3.63) is 52.2 Å². The third-order valence-corrected chi connectivity index (χ3v) is 3.20. The summed E-state index contributed by atoms with van der Waals surface area (Å²) in [5, 5.41) is 10.7. The number of nitro benzene ring substituents is 1. The normalized spacial score (nSPS) is 10.9. The molecule has 0 bridgehead atoms. The summed E-state index contributed by atoms with van der Waals surface area (Å²) in [6.45, 7) is 1.61. The Balaban J connectivity index is 1.97. The predicted molar refractivity (Wildman–Crippen MR) is 76.4 cm³/mol. The fourth-order valence-corrected chi connectivity index (χ4v) is 2.08. The van der Waals surface area contributed by atoms with Crippen LogP contribution in [0.2, 0.25) is 0 Å². The number of hydrogen-bond acceptors (Lipinski definition) is 5. The van der Waals surface area contributed by atoms with Crippen LogP contribution >= 0.6 is 0 Å². The molecule has 0 N–H and O–H groups in total. The molecule has 3 aromatic rings. The van der Waals surface area contributed by atoms with E-state index in [1.807, 2.05) is 7.05 Å². The number of benzene rings is 1. The highest BCUT2D eigenvalue weighted by Gasteiger charge is 2.18. The van der Waals surface area contributed by atoms with Gasteiger partial charge in [-0.25, -0.2) is 9.97 Å². The second-order valence-corrected chi connectivity index (χ2v) is 4.80. The number of rotatable bonds is 3. The number of pyridine rings is 1. The Bertz CT molecular complexity index is 891. The van der Waals surface area contributed by atoms with Crippen LogP contribution in [0.4, 0.5) is 10.1 Å². The summed E-state index contributed by atoms with van der Waals surface area (Å²) in [4.78, 5) is 18.3. The first kappa shape index (κ1) is 13.9. The Morgan fingerprint density at radius 3 is 2.82 bits per heavy atom. The zero-order chi connectivity index (χ0) is 15.9. The Morgan fingerprint density at radius 2 is 2.09 bits per heavy atom. The Kier molecular flexibility index (Phi) is 3.21. The first-order chi connectivity index (χ1) is 10.5. The number of aryl methyl sites for hydroxylation is 2. The summed E-state index contributed by atoms with van der Waals surface area (Å²) >= 11 is 0. The van der Waals surface area contributed by atoms with Gasteiger partial charge in [0.15, 0.2) is 5.65 Å². The van der Waals surface area contributed by atoms with Crippen LogP contribution in [-0.4, -0.2) is 19.5 Å². The van der Waals surface area contributed by atoms with E-state index in [0.29, 0.717) is 22.5 Å². The minimum atomic E-state index is -0.947. The van der Waals surface area contributed by atoms with Crippen LogP contribution in [0.1, 0.15) is 5.56 Å². The smallest absolute Gasteiger partial charge is 0.305 e. The number of nitrogens with zero attached hydrogens (tertiary/aromatic N) is 4. The van der Waals surface area contributed by atoms with Crippen LogP contribution in [0.3, 0.4) is 0 Å². The van der Waals surface area contributed by atoms with Gasteiger partial charge in [0.2, 0.25) is 5.82 Å². The molecule has 0 amide bonds. The molecule has 8 heteroatoms. The summed E-state index contributed by atoms with van der Waals surface area (Å²) in [5.74, 6) is -0.375. The van der Waals surface area contributed by atoms with Gasteiger partial charge in [-0.15, -0.1) is 0 Å². The van der Waals surface area contributed by atoms with E-state index >= 15 is 0 Å². The molecular formula is C14H11FN4O3. The van der Waals surface area contributed by atoms with E-state index in [1.54, 1.807) is 23.9 Å². The maximum atomic E-state index is 13.7. The summed E-state index contributed by atoms with van der Waals surface area (Å²) in [6, 6.07) is 3.80. The van der Waals surface area contributed by atoms with Crippen LogP contribution in [0.15, 0.2) is 30.7 Å². The van der Waals surface area contributed by atoms with E-state index in [2.05, 4.69) is 9.97 Å². The van der Waals surface area contributed by atoms with Crippen LogP contribution < -0.4 is 4.74 Å². The minimum absolute atomic E-state index is 0.195. The minimum Gasteiger partial charge on any atom is -0.455 e. The summed E-state index contributed by atoms with van der Waals surface area (Å²) in [6.07, 6.45) is 3.11. The third kappa shape index (κ3) is 2.34. The van der Waals surface area contributed by atoms with Crippen molar-refractivity contribution in [3.63, 3.8) is 0 Å². The molecule has 7 nitrogen and oxygen atoms in total. The monoisotopic (exact) mass is 302 g/mol. The molecule has 2 heterocycles. The fraction of sp³-hybridized carbons (Fsp3) is 0.143. The Hall–Kier alpha value is -3.03. The molecular weight excluding hydrogens is 291 g/mol. The number of halogens is 1. The van der Waals surface area contributed by atoms with E-state index in [-0.39, 0.29) is 5.75 Å². The molecule has 0 spiro atoms. The van der Waals surface area contributed by atoms with Gasteiger partial charge in [0.05, 0.1) is 17.4 Å². The molecule has 0 saturated carbocycles. The summed E-state index contributed by atoms with van der Waals surface area (Å²) in [7, 11) is 1.82. The number of imidazole rings is 1. The van der Waals surface area contributed by atoms with Crippen molar-refractivity contribution in [2.45, 2.75) is 6.92 Å². The van der Waals surface area contributed by atoms with Gasteiger partial charge in [-0.3, -0.25) is 10.1 Å². The second kappa shape index (κ2) is 5.06. The molecule has 0 saturated heterocycles. The van der Waals surface area contributed by atoms with E-state index < -0.39 is 16.4 Å². The van der Waals surface area contributed by atoms with E-state index in [9.17, 15) is 14.5 Å². The highest BCUT2D eigenvalue weighted by Crippen LogP contribution is 2.31. The molecule has 0 fully saturated rings. The highest BCUT2D eigenvalue weighted by molar-refractivity contribution is 5.72. The fourth-order valence-electron chi connectivity index (χ4n) is 2.08. The standard InChI is InChI=1S/C14H11FN4O3/c1-8-3-12(19(20)21)10(15)5-13(8)22-9-4-11-14(16-6-9)18(2)7-17-11/h3-7H,1-2H3. The average Bonchev–Trinajstić information content (AvgIpc) is 2.83. The lowest BCUT2D eigenvalue weighted by Crippen LogP contribution is -1.96. The van der Waals surface area contributed by atoms with Gasteiger partial charge in [0, 0.05) is 25.2 Å². The molecule has 112 valence electrons. The zero-order valence-corrected chi connectivity index (χ0v) is 11.8. The summed E-state index contributed by atoms with van der Waals surface area (Å²) < 4.78 is 21.0. The molecule has 0 aliphatic heterocycles. The van der Waals surface area contributed by atoms with Crippen molar-refractivity contribution in [1.82, 2.24) is 14.5 Å².